The first-order chi connectivity index (χ1) is 8.54. The van der Waals surface area contributed by atoms with Gasteiger partial charge in [0.2, 0.25) is 5.91 Å². The number of hydrogen-bond donors (Lipinski definition) is 1. The molecule has 1 amide bonds. The maximum Gasteiger partial charge on any atom is 0.308 e. The lowest BCUT2D eigenvalue weighted by Crippen LogP contribution is -2.28. The van der Waals surface area contributed by atoms with Crippen LogP contribution in [-0.4, -0.2) is 39.8 Å². The fourth-order valence-electron chi connectivity index (χ4n) is 1.76. The van der Waals surface area contributed by atoms with Crippen LogP contribution in [0, 0.1) is 5.92 Å². The fourth-order valence-corrected chi connectivity index (χ4v) is 1.93. The molecule has 1 aromatic heterocycles. The smallest absolute Gasteiger partial charge is 0.308 e. The second kappa shape index (κ2) is 4.69. The van der Waals surface area contributed by atoms with Crippen LogP contribution in [0.5, 0.6) is 0 Å². The monoisotopic (exact) mass is 269 g/mol. The summed E-state index contributed by atoms with van der Waals surface area (Å²) in [5, 5.41) is 8.80. The first kappa shape index (κ1) is 12.4. The number of carboxylic acid groups (broad SMARTS) is 1. The lowest BCUT2D eigenvalue weighted by Gasteiger charge is -2.16. The number of anilines is 1. The Balaban J connectivity index is 2.38. The molecule has 1 fully saturated rings. The van der Waals surface area contributed by atoms with E-state index in [0.717, 1.165) is 11.2 Å². The standard InChI is InChI=1S/C10H8ClN3O4/c11-8-6(3-15)9(13-4-12-8)14-2-5(10(17)18)1-7(14)16/h3-5H,1-2H2,(H,17,18). The van der Waals surface area contributed by atoms with Crippen LogP contribution in [0.1, 0.15) is 16.8 Å². The summed E-state index contributed by atoms with van der Waals surface area (Å²) in [6, 6.07) is 0. The van der Waals surface area contributed by atoms with Crippen LogP contribution in [0.2, 0.25) is 5.15 Å². The average Bonchev–Trinajstić information content (AvgIpc) is 2.71. The summed E-state index contributed by atoms with van der Waals surface area (Å²) in [5.41, 5.74) is -0.0152. The van der Waals surface area contributed by atoms with Crippen molar-refractivity contribution in [1.29, 1.82) is 0 Å². The Hall–Kier alpha value is -2.02. The third-order valence-electron chi connectivity index (χ3n) is 2.66. The first-order valence-corrected chi connectivity index (χ1v) is 5.41. The minimum absolute atomic E-state index is 0.0152. The van der Waals surface area contributed by atoms with Gasteiger partial charge in [0, 0.05) is 13.0 Å². The number of halogens is 1. The minimum atomic E-state index is -1.06. The molecular weight excluding hydrogens is 262 g/mol. The van der Waals surface area contributed by atoms with Crippen LogP contribution >= 0.6 is 11.6 Å². The van der Waals surface area contributed by atoms with Crippen molar-refractivity contribution in [3.63, 3.8) is 0 Å². The molecule has 0 aromatic carbocycles. The molecule has 18 heavy (non-hydrogen) atoms. The van der Waals surface area contributed by atoms with Gasteiger partial charge in [-0.2, -0.15) is 0 Å². The van der Waals surface area contributed by atoms with E-state index < -0.39 is 17.8 Å². The Morgan fingerprint density at radius 2 is 2.28 bits per heavy atom. The van der Waals surface area contributed by atoms with E-state index >= 15 is 0 Å². The van der Waals surface area contributed by atoms with Gasteiger partial charge in [0.05, 0.1) is 11.5 Å². The highest BCUT2D eigenvalue weighted by Crippen LogP contribution is 2.27. The molecule has 8 heteroatoms. The fraction of sp³-hybridized carbons (Fsp3) is 0.300. The zero-order valence-electron chi connectivity index (χ0n) is 9.04. The average molecular weight is 270 g/mol. The maximum absolute atomic E-state index is 11.7. The van der Waals surface area contributed by atoms with Crippen LogP contribution in [0.4, 0.5) is 5.82 Å². The Morgan fingerprint density at radius 1 is 1.56 bits per heavy atom. The van der Waals surface area contributed by atoms with Crippen molar-refractivity contribution in [2.45, 2.75) is 6.42 Å². The van der Waals surface area contributed by atoms with Crippen molar-refractivity contribution in [2.24, 2.45) is 5.92 Å². The first-order valence-electron chi connectivity index (χ1n) is 5.03. The van der Waals surface area contributed by atoms with Gasteiger partial charge < -0.3 is 5.11 Å². The molecule has 0 saturated carbocycles. The van der Waals surface area contributed by atoms with Crippen LogP contribution < -0.4 is 4.90 Å². The number of nitrogens with zero attached hydrogens (tertiary/aromatic N) is 3. The van der Waals surface area contributed by atoms with Gasteiger partial charge in [0.1, 0.15) is 11.5 Å². The number of rotatable bonds is 3. The second-order valence-electron chi connectivity index (χ2n) is 3.76. The van der Waals surface area contributed by atoms with Crippen LogP contribution in [0.15, 0.2) is 6.33 Å². The number of amides is 1. The largest absolute Gasteiger partial charge is 0.481 e. The zero-order chi connectivity index (χ0) is 13.3. The lowest BCUT2D eigenvalue weighted by molar-refractivity contribution is -0.141. The molecule has 1 aliphatic rings. The van der Waals surface area contributed by atoms with E-state index in [1.807, 2.05) is 0 Å². The number of aldehydes is 1. The molecular formula is C10H8ClN3O4. The Labute approximate surface area is 106 Å². The quantitative estimate of drug-likeness (QED) is 0.629. The summed E-state index contributed by atoms with van der Waals surface area (Å²) < 4.78 is 0. The van der Waals surface area contributed by atoms with E-state index in [4.69, 9.17) is 16.7 Å². The Morgan fingerprint density at radius 3 is 2.83 bits per heavy atom. The van der Waals surface area contributed by atoms with Gasteiger partial charge in [-0.15, -0.1) is 0 Å². The molecule has 2 rings (SSSR count). The number of hydrogen-bond acceptors (Lipinski definition) is 5. The molecule has 0 radical (unpaired) electrons. The molecule has 1 saturated heterocycles. The predicted molar refractivity (Wildman–Crippen MR) is 60.5 cm³/mol. The van der Waals surface area contributed by atoms with Crippen molar-refractivity contribution < 1.29 is 19.5 Å². The van der Waals surface area contributed by atoms with E-state index in [-0.39, 0.29) is 29.5 Å². The molecule has 0 aliphatic carbocycles. The van der Waals surface area contributed by atoms with Gasteiger partial charge in [-0.25, -0.2) is 9.97 Å². The van der Waals surface area contributed by atoms with Crippen molar-refractivity contribution in [3.8, 4) is 0 Å². The van der Waals surface area contributed by atoms with E-state index in [1.165, 1.54) is 0 Å². The van der Waals surface area contributed by atoms with Crippen LogP contribution in [-0.2, 0) is 9.59 Å². The molecule has 94 valence electrons. The third-order valence-corrected chi connectivity index (χ3v) is 2.96. The van der Waals surface area contributed by atoms with Gasteiger partial charge in [-0.3, -0.25) is 19.3 Å². The summed E-state index contributed by atoms with van der Waals surface area (Å²) in [6.45, 7) is -0.0254. The van der Waals surface area contributed by atoms with Gasteiger partial charge >= 0.3 is 5.97 Å². The number of carbonyl (C=O) groups excluding carboxylic acids is 2. The Bertz CT molecular complexity index is 534. The molecule has 1 atom stereocenters. The van der Waals surface area contributed by atoms with Gasteiger partial charge in [0.15, 0.2) is 12.1 Å². The van der Waals surface area contributed by atoms with E-state index in [1.54, 1.807) is 0 Å². The highest BCUT2D eigenvalue weighted by molar-refractivity contribution is 6.32. The summed E-state index contributed by atoms with van der Waals surface area (Å²) in [4.78, 5) is 42.1. The maximum atomic E-state index is 11.7. The van der Waals surface area contributed by atoms with E-state index in [2.05, 4.69) is 9.97 Å². The van der Waals surface area contributed by atoms with Crippen LogP contribution in [0.25, 0.3) is 0 Å². The molecule has 0 bridgehead atoms. The lowest BCUT2D eigenvalue weighted by atomic mass is 10.1. The van der Waals surface area contributed by atoms with Crippen molar-refractivity contribution >= 4 is 35.6 Å². The summed E-state index contributed by atoms with van der Waals surface area (Å²) in [7, 11) is 0. The third kappa shape index (κ3) is 2.04. The van der Waals surface area contributed by atoms with Crippen molar-refractivity contribution in [2.75, 3.05) is 11.4 Å². The van der Waals surface area contributed by atoms with E-state index in [0.29, 0.717) is 6.29 Å². The number of aromatic nitrogens is 2. The highest BCUT2D eigenvalue weighted by atomic mass is 35.5. The topological polar surface area (TPSA) is 100 Å². The molecule has 2 heterocycles. The van der Waals surface area contributed by atoms with Gasteiger partial charge in [-0.1, -0.05) is 11.6 Å². The molecule has 7 nitrogen and oxygen atoms in total. The zero-order valence-corrected chi connectivity index (χ0v) is 9.79. The van der Waals surface area contributed by atoms with Gasteiger partial charge in [0.25, 0.3) is 0 Å². The number of carboxylic acids is 1. The molecule has 1 aromatic rings. The summed E-state index contributed by atoms with van der Waals surface area (Å²) in [6.07, 6.45) is 1.44. The summed E-state index contributed by atoms with van der Waals surface area (Å²) in [5.74, 6) is -2.21. The van der Waals surface area contributed by atoms with Gasteiger partial charge in [-0.05, 0) is 0 Å². The molecule has 1 unspecified atom stereocenters. The Kier molecular flexibility index (Phi) is 3.24. The van der Waals surface area contributed by atoms with Crippen molar-refractivity contribution in [1.82, 2.24) is 9.97 Å². The number of carbonyl (C=O) groups is 3. The SMILES string of the molecule is O=Cc1c(Cl)ncnc1N1CC(C(=O)O)CC1=O. The van der Waals surface area contributed by atoms with Crippen molar-refractivity contribution in [3.05, 3.63) is 17.0 Å². The van der Waals surface area contributed by atoms with E-state index in [9.17, 15) is 14.4 Å². The number of aliphatic carboxylic acids is 1. The molecule has 1 N–H and O–H groups in total. The minimum Gasteiger partial charge on any atom is -0.481 e. The predicted octanol–water partition coefficient (Wildman–Crippen LogP) is 0.380. The summed E-state index contributed by atoms with van der Waals surface area (Å²) >= 11 is 5.72. The highest BCUT2D eigenvalue weighted by Gasteiger charge is 2.37. The van der Waals surface area contributed by atoms with Crippen LogP contribution in [0.3, 0.4) is 0 Å². The second-order valence-corrected chi connectivity index (χ2v) is 4.12. The molecule has 1 aliphatic heterocycles. The molecule has 0 spiro atoms. The normalized spacial score (nSPS) is 19.1.